The fourth-order valence-corrected chi connectivity index (χ4v) is 7.22. The molecule has 0 heterocycles. The van der Waals surface area contributed by atoms with E-state index in [1.54, 1.807) is 0 Å². The molecule has 99 valence electrons. The third kappa shape index (κ3) is 3.59. The molecule has 0 saturated carbocycles. The van der Waals surface area contributed by atoms with Crippen molar-refractivity contribution >= 4 is 0 Å². The maximum atomic E-state index is 2.40. The standard InChI is InChI=1S/2C7H7.C5H5.Ti/c2*1-7-5-3-2-4-6-7;1-2-4-5-3-1;/h2*2-6H,1H2;1-5H;. The van der Waals surface area contributed by atoms with E-state index < -0.39 is 17.9 Å². The Morgan fingerprint density at radius 3 is 1.55 bits per heavy atom. The molecule has 0 unspecified atom stereocenters. The molecule has 0 saturated heterocycles. The van der Waals surface area contributed by atoms with Gasteiger partial charge in [0.05, 0.1) is 0 Å². The molecule has 2 aromatic carbocycles. The van der Waals surface area contributed by atoms with Crippen LogP contribution in [-0.2, 0) is 27.3 Å². The van der Waals surface area contributed by atoms with E-state index in [2.05, 4.69) is 85.0 Å². The first-order chi connectivity index (χ1) is 9.92. The van der Waals surface area contributed by atoms with Gasteiger partial charge in [0.25, 0.3) is 0 Å². The van der Waals surface area contributed by atoms with E-state index in [1.807, 2.05) is 0 Å². The average molecular weight is 295 g/mol. The zero-order valence-corrected chi connectivity index (χ0v) is 13.1. The maximum absolute atomic E-state index is 2.40. The minimum atomic E-state index is -1.22. The van der Waals surface area contributed by atoms with Gasteiger partial charge in [-0.1, -0.05) is 0 Å². The van der Waals surface area contributed by atoms with Gasteiger partial charge in [-0.2, -0.15) is 0 Å². The first-order valence-electron chi connectivity index (χ1n) is 7.19. The van der Waals surface area contributed by atoms with Crippen LogP contribution in [0.1, 0.15) is 11.1 Å². The van der Waals surface area contributed by atoms with Crippen LogP contribution in [0.5, 0.6) is 0 Å². The molecule has 0 nitrogen and oxygen atoms in total. The van der Waals surface area contributed by atoms with Crippen molar-refractivity contribution < 1.29 is 17.9 Å². The fourth-order valence-electron chi connectivity index (χ4n) is 2.72. The van der Waals surface area contributed by atoms with Crippen molar-refractivity contribution in [2.24, 2.45) is 0 Å². The Kier molecular flexibility index (Phi) is 4.68. The molecule has 0 aliphatic heterocycles. The van der Waals surface area contributed by atoms with Crippen molar-refractivity contribution in [2.45, 2.75) is 13.7 Å². The molecule has 0 spiro atoms. The Balaban J connectivity index is 1.77. The topological polar surface area (TPSA) is 0 Å². The monoisotopic (exact) mass is 295 g/mol. The zero-order valence-electron chi connectivity index (χ0n) is 11.6. The normalized spacial score (nSPS) is 13.8. The molecular weight excluding hydrogens is 276 g/mol. The predicted octanol–water partition coefficient (Wildman–Crippen LogP) is 4.92. The molecule has 3 rings (SSSR count). The van der Waals surface area contributed by atoms with E-state index in [-0.39, 0.29) is 0 Å². The molecule has 0 fully saturated rings. The van der Waals surface area contributed by atoms with Crippen LogP contribution in [0.15, 0.2) is 85.0 Å². The zero-order chi connectivity index (χ0) is 13.6. The molecule has 1 aliphatic rings. The molecule has 0 atom stereocenters. The summed E-state index contributed by atoms with van der Waals surface area (Å²) in [6.45, 7) is 0. The van der Waals surface area contributed by atoms with Crippen molar-refractivity contribution in [1.82, 2.24) is 0 Å². The minimum absolute atomic E-state index is 0.732. The van der Waals surface area contributed by atoms with Crippen LogP contribution < -0.4 is 0 Å². The van der Waals surface area contributed by atoms with Crippen molar-refractivity contribution in [2.75, 3.05) is 0 Å². The number of rotatable bonds is 5. The third-order valence-corrected chi connectivity index (χ3v) is 8.53. The number of hydrogen-bond donors (Lipinski definition) is 0. The van der Waals surface area contributed by atoms with Gasteiger partial charge in [0.2, 0.25) is 0 Å². The second-order valence-corrected chi connectivity index (χ2v) is 9.48. The Morgan fingerprint density at radius 1 is 0.650 bits per heavy atom. The van der Waals surface area contributed by atoms with Crippen LogP contribution in [0.25, 0.3) is 0 Å². The molecule has 1 heteroatoms. The van der Waals surface area contributed by atoms with E-state index >= 15 is 0 Å². The summed E-state index contributed by atoms with van der Waals surface area (Å²) in [5.74, 6) is 0. The summed E-state index contributed by atoms with van der Waals surface area (Å²) < 4.78 is 3.33. The molecule has 0 amide bonds. The molecule has 20 heavy (non-hydrogen) atoms. The molecular formula is C19H19Ti. The van der Waals surface area contributed by atoms with Crippen LogP contribution in [0.3, 0.4) is 0 Å². The number of hydrogen-bond acceptors (Lipinski definition) is 0. The summed E-state index contributed by atoms with van der Waals surface area (Å²) in [6.07, 6.45) is 9.24. The average Bonchev–Trinajstić information content (AvgIpc) is 3.03. The van der Waals surface area contributed by atoms with Crippen molar-refractivity contribution in [3.8, 4) is 0 Å². The van der Waals surface area contributed by atoms with Gasteiger partial charge in [0.15, 0.2) is 0 Å². The van der Waals surface area contributed by atoms with Gasteiger partial charge in [-0.15, -0.1) is 0 Å². The van der Waals surface area contributed by atoms with Crippen LogP contribution in [-0.4, -0.2) is 0 Å². The summed E-state index contributed by atoms with van der Waals surface area (Å²) in [6, 6.07) is 22.0. The van der Waals surface area contributed by atoms with Crippen LogP contribution in [0.2, 0.25) is 4.22 Å². The van der Waals surface area contributed by atoms with Crippen LogP contribution in [0.4, 0.5) is 0 Å². The molecule has 0 N–H and O–H groups in total. The Hall–Kier alpha value is -1.37. The molecule has 0 radical (unpaired) electrons. The van der Waals surface area contributed by atoms with Crippen molar-refractivity contribution in [3.63, 3.8) is 0 Å². The van der Waals surface area contributed by atoms with Gasteiger partial charge in [-0.3, -0.25) is 0 Å². The second kappa shape index (κ2) is 6.88. The molecule has 2 aromatic rings. The Labute approximate surface area is 127 Å². The number of allylic oxidation sites excluding steroid dienone is 4. The fraction of sp³-hybridized carbons (Fsp3) is 0.158. The predicted molar refractivity (Wildman–Crippen MR) is 82.3 cm³/mol. The van der Waals surface area contributed by atoms with E-state index in [1.165, 1.54) is 20.6 Å². The summed E-state index contributed by atoms with van der Waals surface area (Å²) in [7, 11) is 0. The Bertz CT molecular complexity index is 530. The summed E-state index contributed by atoms with van der Waals surface area (Å²) in [5.41, 5.74) is 3.01. The van der Waals surface area contributed by atoms with Crippen LogP contribution in [0, 0.1) is 0 Å². The van der Waals surface area contributed by atoms with Crippen molar-refractivity contribution in [1.29, 1.82) is 0 Å². The van der Waals surface area contributed by atoms with Gasteiger partial charge >= 0.3 is 128 Å². The van der Waals surface area contributed by atoms with E-state index in [9.17, 15) is 0 Å². The molecule has 1 aliphatic carbocycles. The summed E-state index contributed by atoms with van der Waals surface area (Å²) >= 11 is -1.22. The first-order valence-corrected chi connectivity index (χ1v) is 10.3. The Morgan fingerprint density at radius 2 is 1.10 bits per heavy atom. The second-order valence-electron chi connectivity index (χ2n) is 5.28. The SMILES string of the molecule is C1=C[CH]([Ti]([CH2]c2ccccc2)[CH2]c2ccccc2)C=C1. The van der Waals surface area contributed by atoms with Gasteiger partial charge in [0, 0.05) is 0 Å². The van der Waals surface area contributed by atoms with E-state index in [4.69, 9.17) is 0 Å². The molecule has 0 bridgehead atoms. The number of benzene rings is 2. The van der Waals surface area contributed by atoms with Gasteiger partial charge < -0.3 is 0 Å². The first kappa shape index (κ1) is 13.6. The third-order valence-electron chi connectivity index (χ3n) is 3.77. The molecule has 0 aromatic heterocycles. The van der Waals surface area contributed by atoms with Gasteiger partial charge in [-0.25, -0.2) is 0 Å². The van der Waals surface area contributed by atoms with E-state index in [0.29, 0.717) is 0 Å². The van der Waals surface area contributed by atoms with Crippen molar-refractivity contribution in [3.05, 3.63) is 96.1 Å². The van der Waals surface area contributed by atoms with E-state index in [0.717, 1.165) is 4.22 Å². The van der Waals surface area contributed by atoms with Crippen LogP contribution >= 0.6 is 0 Å². The summed E-state index contributed by atoms with van der Waals surface area (Å²) in [4.78, 5) is 0. The van der Waals surface area contributed by atoms with Gasteiger partial charge in [0.1, 0.15) is 0 Å². The van der Waals surface area contributed by atoms with Gasteiger partial charge in [-0.05, 0) is 0 Å². The quantitative estimate of drug-likeness (QED) is 0.687. The summed E-state index contributed by atoms with van der Waals surface area (Å²) in [5, 5.41) is 0.